The lowest BCUT2D eigenvalue weighted by atomic mass is 10.1. The lowest BCUT2D eigenvalue weighted by molar-refractivity contribution is -0.113. The molecule has 1 N–H and O–H groups in total. The van der Waals surface area contributed by atoms with Gasteiger partial charge < -0.3 is 5.32 Å². The fourth-order valence-electron chi connectivity index (χ4n) is 1.69. The third kappa shape index (κ3) is 4.03. The van der Waals surface area contributed by atoms with Crippen molar-refractivity contribution in [3.05, 3.63) is 29.6 Å². The molecule has 0 saturated carbocycles. The topological polar surface area (TPSA) is 72.7 Å². The zero-order valence-electron chi connectivity index (χ0n) is 12.9. The van der Waals surface area contributed by atoms with Crippen LogP contribution < -0.4 is 5.32 Å². The summed E-state index contributed by atoms with van der Waals surface area (Å²) in [5.74, 6) is -0.440. The SMILES string of the molecule is Cc1ccc(NC(=O)CSc2nnnn2C(C)(C)C)cc1F. The van der Waals surface area contributed by atoms with E-state index in [4.69, 9.17) is 0 Å². The van der Waals surface area contributed by atoms with Gasteiger partial charge in [-0.05, 0) is 55.8 Å². The van der Waals surface area contributed by atoms with Crippen molar-refractivity contribution >= 4 is 23.4 Å². The highest BCUT2D eigenvalue weighted by molar-refractivity contribution is 7.99. The first-order chi connectivity index (χ1) is 10.3. The minimum atomic E-state index is -0.345. The van der Waals surface area contributed by atoms with E-state index in [1.807, 2.05) is 20.8 Å². The number of hydrogen-bond acceptors (Lipinski definition) is 5. The number of benzene rings is 1. The maximum Gasteiger partial charge on any atom is 0.234 e. The van der Waals surface area contributed by atoms with Crippen molar-refractivity contribution in [2.24, 2.45) is 0 Å². The van der Waals surface area contributed by atoms with Crippen LogP contribution in [0.3, 0.4) is 0 Å². The van der Waals surface area contributed by atoms with Gasteiger partial charge in [-0.2, -0.15) is 0 Å². The highest BCUT2D eigenvalue weighted by atomic mass is 32.2. The van der Waals surface area contributed by atoms with Gasteiger partial charge in [-0.25, -0.2) is 9.07 Å². The summed E-state index contributed by atoms with van der Waals surface area (Å²) in [4.78, 5) is 11.9. The number of amides is 1. The van der Waals surface area contributed by atoms with E-state index in [1.165, 1.54) is 17.8 Å². The number of nitrogens with zero attached hydrogens (tertiary/aromatic N) is 4. The molecular weight excluding hydrogens is 305 g/mol. The largest absolute Gasteiger partial charge is 0.325 e. The van der Waals surface area contributed by atoms with Gasteiger partial charge in [0.25, 0.3) is 0 Å². The number of rotatable bonds is 4. The number of aromatic nitrogens is 4. The van der Waals surface area contributed by atoms with Gasteiger partial charge in [-0.15, -0.1) is 5.10 Å². The molecule has 1 amide bonds. The molecule has 8 heteroatoms. The number of thioether (sulfide) groups is 1. The molecule has 1 aromatic carbocycles. The summed E-state index contributed by atoms with van der Waals surface area (Å²) < 4.78 is 15.1. The number of nitrogens with one attached hydrogen (secondary N) is 1. The van der Waals surface area contributed by atoms with Gasteiger partial charge in [0.2, 0.25) is 11.1 Å². The summed E-state index contributed by atoms with van der Waals surface area (Å²) in [5.41, 5.74) is 0.711. The second kappa shape index (κ2) is 6.43. The molecule has 0 aliphatic carbocycles. The Balaban J connectivity index is 1.96. The Hall–Kier alpha value is -1.96. The molecule has 0 aliphatic rings. The summed E-state index contributed by atoms with van der Waals surface area (Å²) in [6.07, 6.45) is 0. The Labute approximate surface area is 132 Å². The van der Waals surface area contributed by atoms with Crippen molar-refractivity contribution in [1.29, 1.82) is 0 Å². The van der Waals surface area contributed by atoms with Gasteiger partial charge >= 0.3 is 0 Å². The van der Waals surface area contributed by atoms with Crippen LogP contribution in [-0.2, 0) is 10.3 Å². The van der Waals surface area contributed by atoms with Crippen LogP contribution in [-0.4, -0.2) is 31.9 Å². The lowest BCUT2D eigenvalue weighted by Gasteiger charge is -2.19. The zero-order valence-corrected chi connectivity index (χ0v) is 13.7. The molecule has 0 saturated heterocycles. The predicted molar refractivity (Wildman–Crippen MR) is 83.3 cm³/mol. The maximum absolute atomic E-state index is 13.4. The Morgan fingerprint density at radius 2 is 2.14 bits per heavy atom. The lowest BCUT2D eigenvalue weighted by Crippen LogP contribution is -2.24. The molecule has 0 atom stereocenters. The number of halogens is 1. The first-order valence-corrected chi connectivity index (χ1v) is 7.73. The Kier molecular flexibility index (Phi) is 4.80. The molecule has 0 fully saturated rings. The number of tetrazole rings is 1. The van der Waals surface area contributed by atoms with E-state index in [0.29, 0.717) is 16.4 Å². The summed E-state index contributed by atoms with van der Waals surface area (Å²) in [5, 5.41) is 14.7. The summed E-state index contributed by atoms with van der Waals surface area (Å²) in [6.45, 7) is 7.59. The predicted octanol–water partition coefficient (Wildman–Crippen LogP) is 2.61. The van der Waals surface area contributed by atoms with Crippen LogP contribution >= 0.6 is 11.8 Å². The zero-order chi connectivity index (χ0) is 16.3. The molecule has 118 valence electrons. The maximum atomic E-state index is 13.4. The van der Waals surface area contributed by atoms with Gasteiger partial charge in [-0.1, -0.05) is 17.8 Å². The fraction of sp³-hybridized carbons (Fsp3) is 0.429. The molecule has 1 aromatic heterocycles. The van der Waals surface area contributed by atoms with Crippen molar-refractivity contribution in [1.82, 2.24) is 20.2 Å². The van der Waals surface area contributed by atoms with E-state index in [-0.39, 0.29) is 23.0 Å². The standard InChI is InChI=1S/C14H18FN5OS/c1-9-5-6-10(7-11(9)15)16-12(21)8-22-13-17-18-19-20(13)14(2,3)4/h5-7H,8H2,1-4H3,(H,16,21). The normalized spacial score (nSPS) is 11.5. The molecule has 2 aromatic rings. The van der Waals surface area contributed by atoms with E-state index in [1.54, 1.807) is 23.7 Å². The Morgan fingerprint density at radius 3 is 2.77 bits per heavy atom. The number of hydrogen-bond donors (Lipinski definition) is 1. The summed E-state index contributed by atoms with van der Waals surface area (Å²) >= 11 is 1.24. The van der Waals surface area contributed by atoms with Crippen LogP contribution in [0.2, 0.25) is 0 Å². The Bertz CT molecular complexity index is 680. The van der Waals surface area contributed by atoms with Crippen LogP contribution in [0.15, 0.2) is 23.4 Å². The fourth-order valence-corrected chi connectivity index (χ4v) is 2.55. The first-order valence-electron chi connectivity index (χ1n) is 6.75. The molecular formula is C14H18FN5OS. The smallest absolute Gasteiger partial charge is 0.234 e. The summed E-state index contributed by atoms with van der Waals surface area (Å²) in [6, 6.07) is 4.59. The number of carbonyl (C=O) groups excluding carboxylic acids is 1. The van der Waals surface area contributed by atoms with Crippen LogP contribution in [0.5, 0.6) is 0 Å². The minimum absolute atomic E-state index is 0.145. The summed E-state index contributed by atoms with van der Waals surface area (Å²) in [7, 11) is 0. The monoisotopic (exact) mass is 323 g/mol. The van der Waals surface area contributed by atoms with E-state index < -0.39 is 0 Å². The molecule has 0 bridgehead atoms. The molecule has 0 spiro atoms. The average Bonchev–Trinajstić information content (AvgIpc) is 2.89. The number of anilines is 1. The van der Waals surface area contributed by atoms with Crippen molar-refractivity contribution in [2.75, 3.05) is 11.1 Å². The third-order valence-corrected chi connectivity index (χ3v) is 3.78. The average molecular weight is 323 g/mol. The Morgan fingerprint density at radius 1 is 1.41 bits per heavy atom. The van der Waals surface area contributed by atoms with Crippen LogP contribution in [0, 0.1) is 12.7 Å². The van der Waals surface area contributed by atoms with Gasteiger partial charge in [0, 0.05) is 5.69 Å². The van der Waals surface area contributed by atoms with Crippen molar-refractivity contribution < 1.29 is 9.18 Å². The van der Waals surface area contributed by atoms with Crippen LogP contribution in [0.4, 0.5) is 10.1 Å². The van der Waals surface area contributed by atoms with E-state index in [9.17, 15) is 9.18 Å². The molecule has 0 aliphatic heterocycles. The molecule has 1 heterocycles. The van der Waals surface area contributed by atoms with Crippen molar-refractivity contribution in [3.63, 3.8) is 0 Å². The van der Waals surface area contributed by atoms with Gasteiger partial charge in [-0.3, -0.25) is 4.79 Å². The second-order valence-corrected chi connectivity index (χ2v) is 6.79. The highest BCUT2D eigenvalue weighted by Gasteiger charge is 2.20. The van der Waals surface area contributed by atoms with Crippen molar-refractivity contribution in [3.8, 4) is 0 Å². The number of aryl methyl sites for hydroxylation is 1. The van der Waals surface area contributed by atoms with Crippen LogP contribution in [0.1, 0.15) is 26.3 Å². The molecule has 6 nitrogen and oxygen atoms in total. The van der Waals surface area contributed by atoms with E-state index >= 15 is 0 Å². The molecule has 0 unspecified atom stereocenters. The number of carbonyl (C=O) groups is 1. The first kappa shape index (κ1) is 16.4. The highest BCUT2D eigenvalue weighted by Crippen LogP contribution is 2.21. The third-order valence-electron chi connectivity index (χ3n) is 2.86. The molecule has 0 radical (unpaired) electrons. The van der Waals surface area contributed by atoms with Gasteiger partial charge in [0.1, 0.15) is 5.82 Å². The van der Waals surface area contributed by atoms with E-state index in [2.05, 4.69) is 20.8 Å². The molecule has 22 heavy (non-hydrogen) atoms. The quantitative estimate of drug-likeness (QED) is 0.876. The van der Waals surface area contributed by atoms with E-state index in [0.717, 1.165) is 0 Å². The second-order valence-electron chi connectivity index (χ2n) is 5.84. The van der Waals surface area contributed by atoms with Crippen LogP contribution in [0.25, 0.3) is 0 Å². The van der Waals surface area contributed by atoms with Gasteiger partial charge in [0.05, 0.1) is 11.3 Å². The molecule has 2 rings (SSSR count). The van der Waals surface area contributed by atoms with Gasteiger partial charge in [0.15, 0.2) is 0 Å². The minimum Gasteiger partial charge on any atom is -0.325 e. The van der Waals surface area contributed by atoms with Crippen molar-refractivity contribution in [2.45, 2.75) is 38.4 Å².